The molecule has 5 nitrogen and oxygen atoms in total. The molecular weight excluding hydrogens is 431 g/mol. The molecule has 0 radical (unpaired) electrons. The highest BCUT2D eigenvalue weighted by atomic mass is 19.1. The van der Waals surface area contributed by atoms with Crippen molar-refractivity contribution in [1.82, 2.24) is 10.3 Å². The fraction of sp³-hybridized carbons (Fsp3) is 0.357. The molecule has 6 heteroatoms. The van der Waals surface area contributed by atoms with Gasteiger partial charge in [0, 0.05) is 35.7 Å². The Labute approximate surface area is 199 Å². The minimum atomic E-state index is -0.329. The number of aromatic nitrogens is 1. The van der Waals surface area contributed by atoms with Crippen molar-refractivity contribution >= 4 is 12.2 Å². The van der Waals surface area contributed by atoms with Crippen molar-refractivity contribution in [3.05, 3.63) is 83.8 Å². The van der Waals surface area contributed by atoms with Crippen LogP contribution in [0.2, 0.25) is 0 Å². The molecule has 176 valence electrons. The predicted octanol–water partition coefficient (Wildman–Crippen LogP) is 6.36. The van der Waals surface area contributed by atoms with Crippen LogP contribution in [0.1, 0.15) is 49.1 Å². The number of rotatable bonds is 5. The molecule has 1 amide bonds. The normalized spacial score (nSPS) is 23.8. The Hall–Kier alpha value is -3.41. The number of furan rings is 1. The number of nitrogens with zero attached hydrogens (tertiary/aromatic N) is 1. The Morgan fingerprint density at radius 2 is 2.15 bits per heavy atom. The zero-order chi connectivity index (χ0) is 23.5. The number of nitrogens with one attached hydrogen (secondary N) is 1. The van der Waals surface area contributed by atoms with Gasteiger partial charge >= 0.3 is 6.09 Å². The van der Waals surface area contributed by atoms with Crippen LogP contribution in [0, 0.1) is 17.7 Å². The third-order valence-electron chi connectivity index (χ3n) is 7.11. The highest BCUT2D eigenvalue weighted by Gasteiger charge is 2.41. The highest BCUT2D eigenvalue weighted by Crippen LogP contribution is 2.48. The number of pyridine rings is 1. The first kappa shape index (κ1) is 22.4. The van der Waals surface area contributed by atoms with Crippen LogP contribution in [0.5, 0.6) is 0 Å². The number of allylic oxidation sites excluding steroid dienone is 1. The van der Waals surface area contributed by atoms with E-state index < -0.39 is 0 Å². The van der Waals surface area contributed by atoms with Gasteiger partial charge in [-0.25, -0.2) is 9.18 Å². The van der Waals surface area contributed by atoms with Crippen LogP contribution in [0.3, 0.4) is 0 Å². The lowest BCUT2D eigenvalue weighted by molar-refractivity contribution is 0.126. The van der Waals surface area contributed by atoms with Gasteiger partial charge in [0.2, 0.25) is 0 Å². The summed E-state index contributed by atoms with van der Waals surface area (Å²) in [5.41, 5.74) is 3.82. The molecule has 5 rings (SSSR count). The van der Waals surface area contributed by atoms with E-state index in [0.717, 1.165) is 48.3 Å². The lowest BCUT2D eigenvalue weighted by atomic mass is 9.64. The van der Waals surface area contributed by atoms with Gasteiger partial charge in [-0.3, -0.25) is 4.98 Å². The molecule has 0 spiro atoms. The number of hydrogen-bond acceptors (Lipinski definition) is 4. The largest absolute Gasteiger partial charge is 0.469 e. The number of amides is 1. The molecule has 2 aliphatic rings. The smallest absolute Gasteiger partial charge is 0.407 e. The fourth-order valence-corrected chi connectivity index (χ4v) is 5.54. The van der Waals surface area contributed by atoms with Crippen molar-refractivity contribution in [2.24, 2.45) is 11.8 Å². The highest BCUT2D eigenvalue weighted by molar-refractivity contribution is 5.67. The maximum atomic E-state index is 13.5. The lowest BCUT2D eigenvalue weighted by Gasteiger charge is -2.42. The van der Waals surface area contributed by atoms with Gasteiger partial charge in [-0.2, -0.15) is 0 Å². The summed E-state index contributed by atoms with van der Waals surface area (Å²) in [6, 6.07) is 12.7. The molecular formula is C28H29FN2O3. The van der Waals surface area contributed by atoms with Crippen molar-refractivity contribution in [2.75, 3.05) is 6.61 Å². The molecule has 0 unspecified atom stereocenters. The topological polar surface area (TPSA) is 64.4 Å². The molecule has 0 saturated heterocycles. The maximum absolute atomic E-state index is 13.5. The zero-order valence-corrected chi connectivity index (χ0v) is 19.2. The van der Waals surface area contributed by atoms with Gasteiger partial charge in [-0.15, -0.1) is 0 Å². The molecule has 0 bridgehead atoms. The molecule has 0 aliphatic heterocycles. The van der Waals surface area contributed by atoms with Crippen molar-refractivity contribution in [2.45, 2.75) is 44.6 Å². The first-order valence-corrected chi connectivity index (χ1v) is 12.0. The quantitative estimate of drug-likeness (QED) is 0.481. The second-order valence-electron chi connectivity index (χ2n) is 9.17. The number of halogens is 1. The fourth-order valence-electron chi connectivity index (χ4n) is 5.54. The zero-order valence-electron chi connectivity index (χ0n) is 19.2. The average Bonchev–Trinajstić information content (AvgIpc) is 3.30. The van der Waals surface area contributed by atoms with Gasteiger partial charge in [0.25, 0.3) is 0 Å². The summed E-state index contributed by atoms with van der Waals surface area (Å²) in [6.07, 6.45) is 11.4. The van der Waals surface area contributed by atoms with Gasteiger partial charge in [-0.1, -0.05) is 24.3 Å². The third kappa shape index (κ3) is 4.76. The molecule has 2 aliphatic carbocycles. The molecule has 4 atom stereocenters. The van der Waals surface area contributed by atoms with Crippen molar-refractivity contribution < 1.29 is 18.3 Å². The number of fused-ring (bicyclic) bond motifs is 2. The predicted molar refractivity (Wildman–Crippen MR) is 129 cm³/mol. The molecule has 1 fully saturated rings. The Morgan fingerprint density at radius 3 is 2.94 bits per heavy atom. The monoisotopic (exact) mass is 460 g/mol. The number of alkyl carbamates (subject to hydrolysis) is 1. The maximum Gasteiger partial charge on any atom is 0.407 e. The van der Waals surface area contributed by atoms with Gasteiger partial charge in [-0.05, 0) is 73.9 Å². The van der Waals surface area contributed by atoms with Crippen LogP contribution in [0.25, 0.3) is 17.2 Å². The van der Waals surface area contributed by atoms with E-state index in [4.69, 9.17) is 9.15 Å². The molecule has 1 saturated carbocycles. The van der Waals surface area contributed by atoms with Crippen molar-refractivity contribution in [1.29, 1.82) is 0 Å². The van der Waals surface area contributed by atoms with Crippen LogP contribution in [0.15, 0.2) is 65.4 Å². The Kier molecular flexibility index (Phi) is 6.48. The summed E-state index contributed by atoms with van der Waals surface area (Å²) < 4.78 is 24.4. The summed E-state index contributed by atoms with van der Waals surface area (Å²) in [5.74, 6) is 1.98. The molecule has 2 heterocycles. The van der Waals surface area contributed by atoms with Gasteiger partial charge in [0.1, 0.15) is 11.6 Å². The summed E-state index contributed by atoms with van der Waals surface area (Å²) in [4.78, 5) is 16.5. The van der Waals surface area contributed by atoms with Gasteiger partial charge < -0.3 is 14.5 Å². The third-order valence-corrected chi connectivity index (χ3v) is 7.11. The second-order valence-corrected chi connectivity index (χ2v) is 9.17. The van der Waals surface area contributed by atoms with E-state index in [2.05, 4.69) is 28.5 Å². The Balaban J connectivity index is 1.32. The van der Waals surface area contributed by atoms with Crippen LogP contribution in [-0.2, 0) is 11.2 Å². The number of benzene rings is 1. The van der Waals surface area contributed by atoms with E-state index in [1.54, 1.807) is 18.5 Å². The number of carbonyl (C=O) groups is 1. The minimum Gasteiger partial charge on any atom is -0.469 e. The van der Waals surface area contributed by atoms with E-state index >= 15 is 0 Å². The Morgan fingerprint density at radius 1 is 1.24 bits per heavy atom. The first-order chi connectivity index (χ1) is 16.6. The number of hydrogen-bond donors (Lipinski definition) is 1. The van der Waals surface area contributed by atoms with Crippen LogP contribution < -0.4 is 5.32 Å². The van der Waals surface area contributed by atoms with E-state index in [1.807, 2.05) is 25.1 Å². The van der Waals surface area contributed by atoms with Crippen molar-refractivity contribution in [3.63, 3.8) is 0 Å². The summed E-state index contributed by atoms with van der Waals surface area (Å²) in [6.45, 7) is 2.20. The Bertz CT molecular complexity index is 1170. The van der Waals surface area contributed by atoms with E-state index in [1.165, 1.54) is 17.7 Å². The van der Waals surface area contributed by atoms with E-state index in [-0.39, 0.29) is 23.9 Å². The number of carbonyl (C=O) groups excluding carboxylic acids is 1. The first-order valence-electron chi connectivity index (χ1n) is 12.0. The van der Waals surface area contributed by atoms with Gasteiger partial charge in [0.15, 0.2) is 0 Å². The summed E-state index contributed by atoms with van der Waals surface area (Å²) >= 11 is 0. The molecule has 3 aromatic rings. The average molecular weight is 461 g/mol. The van der Waals surface area contributed by atoms with E-state index in [9.17, 15) is 9.18 Å². The van der Waals surface area contributed by atoms with Gasteiger partial charge in [0.05, 0.1) is 18.6 Å². The van der Waals surface area contributed by atoms with Crippen LogP contribution in [-0.4, -0.2) is 23.7 Å². The minimum absolute atomic E-state index is 0.137. The summed E-state index contributed by atoms with van der Waals surface area (Å²) in [5, 5.41) is 3.02. The van der Waals surface area contributed by atoms with Crippen LogP contribution >= 0.6 is 0 Å². The molecule has 34 heavy (non-hydrogen) atoms. The molecule has 1 N–H and O–H groups in total. The SMILES string of the molecule is CCOC(=O)N[C@@H]1CC[C@@H]2[C@H](Cc3occc3[C@H]2C=Cc2ccc(-c3cccc(F)c3)cn2)C1. The lowest BCUT2D eigenvalue weighted by Crippen LogP contribution is -2.43. The molecule has 2 aromatic heterocycles. The van der Waals surface area contributed by atoms with Crippen LogP contribution in [0.4, 0.5) is 9.18 Å². The standard InChI is InChI=1S/C28H29FN2O3/c1-2-33-28(32)31-23-9-10-24-20(15-23)16-27-26(12-13-34-27)25(24)11-8-22-7-6-19(17-30-22)18-4-3-5-21(29)14-18/h3-8,11-14,17,20,23-25H,2,9-10,15-16H2,1H3,(H,31,32)/t20-,23+,24+,25-/m0/s1. The summed E-state index contributed by atoms with van der Waals surface area (Å²) in [7, 11) is 0. The second kappa shape index (κ2) is 9.84. The molecule has 1 aromatic carbocycles. The van der Waals surface area contributed by atoms with E-state index in [0.29, 0.717) is 18.4 Å². The number of ether oxygens (including phenoxy) is 1. The van der Waals surface area contributed by atoms with Crippen molar-refractivity contribution in [3.8, 4) is 11.1 Å².